The number of carbonyl (C=O) groups is 2. The second-order valence-electron chi connectivity index (χ2n) is 5.49. The average molecular weight is 397 g/mol. The van der Waals surface area contributed by atoms with Crippen molar-refractivity contribution >= 4 is 44.9 Å². The lowest BCUT2D eigenvalue weighted by Gasteiger charge is -2.25. The van der Waals surface area contributed by atoms with Gasteiger partial charge in [-0.15, -0.1) is 0 Å². The number of carbonyl (C=O) groups excluding carboxylic acids is 1. The summed E-state index contributed by atoms with van der Waals surface area (Å²) in [6, 6.07) is 10.1. The predicted molar refractivity (Wildman–Crippen MR) is 99.1 cm³/mol. The predicted octanol–water partition coefficient (Wildman–Crippen LogP) is 2.89. The minimum atomic E-state index is -4.15. The van der Waals surface area contributed by atoms with Gasteiger partial charge in [-0.1, -0.05) is 17.7 Å². The van der Waals surface area contributed by atoms with Gasteiger partial charge in [0, 0.05) is 17.6 Å². The minimum absolute atomic E-state index is 0.104. The molecule has 138 valence electrons. The second-order valence-corrected chi connectivity index (χ2v) is 7.76. The van der Waals surface area contributed by atoms with Gasteiger partial charge in [0.25, 0.3) is 10.0 Å². The van der Waals surface area contributed by atoms with Crippen molar-refractivity contribution in [3.8, 4) is 0 Å². The number of nitrogens with one attached hydrogen (secondary N) is 1. The Labute approximate surface area is 156 Å². The van der Waals surface area contributed by atoms with Crippen LogP contribution in [0.5, 0.6) is 0 Å². The Kier molecular flexibility index (Phi) is 5.89. The highest BCUT2D eigenvalue weighted by atomic mass is 35.5. The number of nitrogens with zero attached hydrogens (tertiary/aromatic N) is 1. The van der Waals surface area contributed by atoms with Gasteiger partial charge in [-0.3, -0.25) is 13.9 Å². The molecule has 0 atom stereocenters. The maximum absolute atomic E-state index is 13.0. The van der Waals surface area contributed by atoms with Gasteiger partial charge < -0.3 is 10.4 Å². The molecule has 1 amide bonds. The highest BCUT2D eigenvalue weighted by molar-refractivity contribution is 7.92. The fourth-order valence-corrected chi connectivity index (χ4v) is 3.97. The molecular weight excluding hydrogens is 380 g/mol. The smallest absolute Gasteiger partial charge is 0.324 e. The third-order valence-electron chi connectivity index (χ3n) is 3.55. The Bertz CT molecular complexity index is 942. The molecule has 0 aliphatic heterocycles. The Morgan fingerprint density at radius 2 is 1.77 bits per heavy atom. The molecule has 7 nitrogen and oxygen atoms in total. The Morgan fingerprint density at radius 3 is 2.31 bits per heavy atom. The van der Waals surface area contributed by atoms with E-state index < -0.39 is 22.5 Å². The summed E-state index contributed by atoms with van der Waals surface area (Å²) in [6.07, 6.45) is 0. The molecule has 2 aromatic carbocycles. The maximum Gasteiger partial charge on any atom is 0.324 e. The van der Waals surface area contributed by atoms with Crippen LogP contribution in [-0.2, 0) is 19.6 Å². The monoisotopic (exact) mass is 396 g/mol. The summed E-state index contributed by atoms with van der Waals surface area (Å²) >= 11 is 6.05. The van der Waals surface area contributed by atoms with E-state index in [-0.39, 0.29) is 16.5 Å². The molecule has 0 unspecified atom stereocenters. The molecule has 0 heterocycles. The summed E-state index contributed by atoms with van der Waals surface area (Å²) in [7, 11) is -4.15. The first-order valence-electron chi connectivity index (χ1n) is 7.50. The van der Waals surface area contributed by atoms with Crippen LogP contribution in [0, 0.1) is 6.92 Å². The number of hydrogen-bond acceptors (Lipinski definition) is 4. The van der Waals surface area contributed by atoms with E-state index in [4.69, 9.17) is 11.6 Å². The quantitative estimate of drug-likeness (QED) is 0.781. The van der Waals surface area contributed by atoms with Crippen molar-refractivity contribution in [3.05, 3.63) is 53.1 Å². The van der Waals surface area contributed by atoms with Crippen LogP contribution in [0.4, 0.5) is 11.4 Å². The van der Waals surface area contributed by atoms with E-state index in [1.54, 1.807) is 19.1 Å². The second kappa shape index (κ2) is 7.76. The Morgan fingerprint density at radius 1 is 1.15 bits per heavy atom. The molecular formula is C17H17ClN2O5S. The summed E-state index contributed by atoms with van der Waals surface area (Å²) in [6.45, 7) is 2.19. The topological polar surface area (TPSA) is 104 Å². The van der Waals surface area contributed by atoms with Crippen LogP contribution in [0.3, 0.4) is 0 Å². The van der Waals surface area contributed by atoms with Crippen molar-refractivity contribution < 1.29 is 23.1 Å². The van der Waals surface area contributed by atoms with E-state index in [1.807, 2.05) is 0 Å². The van der Waals surface area contributed by atoms with Crippen molar-refractivity contribution in [2.75, 3.05) is 16.2 Å². The van der Waals surface area contributed by atoms with Gasteiger partial charge >= 0.3 is 5.97 Å². The van der Waals surface area contributed by atoms with Crippen LogP contribution in [-0.4, -0.2) is 31.9 Å². The first kappa shape index (κ1) is 19.7. The van der Waals surface area contributed by atoms with E-state index in [0.717, 1.165) is 4.31 Å². The number of benzene rings is 2. The zero-order chi connectivity index (χ0) is 19.5. The van der Waals surface area contributed by atoms with Crippen LogP contribution < -0.4 is 9.62 Å². The average Bonchev–Trinajstić information content (AvgIpc) is 2.55. The van der Waals surface area contributed by atoms with Crippen molar-refractivity contribution in [1.82, 2.24) is 0 Å². The van der Waals surface area contributed by atoms with Gasteiger partial charge in [-0.2, -0.15) is 0 Å². The van der Waals surface area contributed by atoms with Gasteiger partial charge in [0.1, 0.15) is 6.54 Å². The number of halogens is 1. The summed E-state index contributed by atoms with van der Waals surface area (Å²) < 4.78 is 26.8. The van der Waals surface area contributed by atoms with Crippen LogP contribution in [0.2, 0.25) is 5.02 Å². The van der Waals surface area contributed by atoms with Gasteiger partial charge in [0.15, 0.2) is 0 Å². The van der Waals surface area contributed by atoms with Gasteiger partial charge in [0.05, 0.1) is 10.6 Å². The van der Waals surface area contributed by atoms with Crippen LogP contribution in [0.1, 0.15) is 12.5 Å². The molecule has 0 saturated carbocycles. The van der Waals surface area contributed by atoms with Crippen LogP contribution in [0.15, 0.2) is 47.4 Å². The zero-order valence-corrected chi connectivity index (χ0v) is 15.6. The van der Waals surface area contributed by atoms with E-state index in [0.29, 0.717) is 16.3 Å². The SMILES string of the molecule is CC(=O)Nc1ccc(S(=O)(=O)N(CC(=O)O)c2cccc(Cl)c2C)cc1. The molecule has 0 aliphatic rings. The molecule has 0 saturated heterocycles. The largest absolute Gasteiger partial charge is 0.480 e. The van der Waals surface area contributed by atoms with Crippen molar-refractivity contribution in [1.29, 1.82) is 0 Å². The molecule has 0 spiro atoms. The van der Waals surface area contributed by atoms with Crippen molar-refractivity contribution in [2.45, 2.75) is 18.7 Å². The lowest BCUT2D eigenvalue weighted by molar-refractivity contribution is -0.135. The third kappa shape index (κ3) is 4.33. The summed E-state index contributed by atoms with van der Waals surface area (Å²) in [5.41, 5.74) is 1.07. The molecule has 9 heteroatoms. The Balaban J connectivity index is 2.51. The highest BCUT2D eigenvalue weighted by Gasteiger charge is 2.28. The number of sulfonamides is 1. The molecule has 2 N–H and O–H groups in total. The summed E-state index contributed by atoms with van der Waals surface area (Å²) in [5, 5.41) is 12.0. The number of rotatable bonds is 6. The van der Waals surface area contributed by atoms with Gasteiger partial charge in [-0.05, 0) is 48.9 Å². The first-order chi connectivity index (χ1) is 12.1. The van der Waals surface area contributed by atoms with Crippen LogP contribution in [0.25, 0.3) is 0 Å². The fraction of sp³-hybridized carbons (Fsp3) is 0.176. The number of carboxylic acid groups (broad SMARTS) is 1. The third-order valence-corrected chi connectivity index (χ3v) is 5.73. The molecule has 2 rings (SSSR count). The first-order valence-corrected chi connectivity index (χ1v) is 9.32. The molecule has 0 bridgehead atoms. The molecule has 0 fully saturated rings. The zero-order valence-electron chi connectivity index (χ0n) is 14.1. The lowest BCUT2D eigenvalue weighted by Crippen LogP contribution is -2.36. The number of anilines is 2. The molecule has 0 radical (unpaired) electrons. The van der Waals surface area contributed by atoms with Crippen LogP contribution >= 0.6 is 11.6 Å². The highest BCUT2D eigenvalue weighted by Crippen LogP contribution is 2.31. The normalized spacial score (nSPS) is 11.0. The van der Waals surface area contributed by atoms with E-state index in [1.165, 1.54) is 37.3 Å². The van der Waals surface area contributed by atoms with E-state index in [2.05, 4.69) is 5.32 Å². The van der Waals surface area contributed by atoms with E-state index in [9.17, 15) is 23.1 Å². The van der Waals surface area contributed by atoms with Crippen molar-refractivity contribution in [3.63, 3.8) is 0 Å². The maximum atomic E-state index is 13.0. The lowest BCUT2D eigenvalue weighted by atomic mass is 10.2. The summed E-state index contributed by atoms with van der Waals surface area (Å²) in [5.74, 6) is -1.59. The molecule has 0 aliphatic carbocycles. The Hall–Kier alpha value is -2.58. The number of carboxylic acids is 1. The number of aliphatic carboxylic acids is 1. The number of amides is 1. The number of hydrogen-bond donors (Lipinski definition) is 2. The summed E-state index contributed by atoms with van der Waals surface area (Å²) in [4.78, 5) is 22.2. The molecule has 0 aromatic heterocycles. The standard InChI is InChI=1S/C17H17ClN2O5S/c1-11-15(18)4-3-5-16(11)20(10-17(22)23)26(24,25)14-8-6-13(7-9-14)19-12(2)21/h3-9H,10H2,1-2H3,(H,19,21)(H,22,23). The minimum Gasteiger partial charge on any atom is -0.480 e. The molecule has 26 heavy (non-hydrogen) atoms. The van der Waals surface area contributed by atoms with E-state index >= 15 is 0 Å². The fourth-order valence-electron chi connectivity index (χ4n) is 2.33. The van der Waals surface area contributed by atoms with Gasteiger partial charge in [0.2, 0.25) is 5.91 Å². The van der Waals surface area contributed by atoms with Crippen molar-refractivity contribution in [2.24, 2.45) is 0 Å². The van der Waals surface area contributed by atoms with Gasteiger partial charge in [-0.25, -0.2) is 8.42 Å². The molecule has 2 aromatic rings.